The van der Waals surface area contributed by atoms with Crippen LogP contribution in [0.15, 0.2) is 100 Å². The number of hydrogen-bond acceptors (Lipinski definition) is 3. The summed E-state index contributed by atoms with van der Waals surface area (Å²) in [6.07, 6.45) is 0. The van der Waals surface area contributed by atoms with Crippen LogP contribution in [0.5, 0.6) is 0 Å². The van der Waals surface area contributed by atoms with E-state index in [1.807, 2.05) is 66.7 Å². The molecule has 7 rings (SSSR count). The second kappa shape index (κ2) is 5.83. The molecule has 4 aromatic carbocycles. The van der Waals surface area contributed by atoms with Crippen LogP contribution in [0.4, 0.5) is 0 Å². The number of fused-ring (bicyclic) bond motifs is 7. The molecule has 0 aliphatic heterocycles. The SMILES string of the molecule is O=c1c2cc3c(cc2oc2nc4ccccc4n12)c1ccccc1n3-c1ccccc1. The molecule has 7 aromatic rings. The Morgan fingerprint density at radius 2 is 1.42 bits per heavy atom. The molecule has 0 unspecified atom stereocenters. The molecule has 3 aromatic heterocycles. The van der Waals surface area contributed by atoms with Gasteiger partial charge in [-0.05, 0) is 42.5 Å². The summed E-state index contributed by atoms with van der Waals surface area (Å²) in [5.74, 6) is 0.310. The van der Waals surface area contributed by atoms with Gasteiger partial charge in [-0.2, -0.15) is 4.98 Å². The number of imidazole rings is 1. The molecule has 3 heterocycles. The molecule has 0 atom stereocenters. The Bertz CT molecular complexity index is 1860. The minimum absolute atomic E-state index is 0.128. The van der Waals surface area contributed by atoms with Crippen molar-refractivity contribution in [2.45, 2.75) is 0 Å². The number of nitrogens with zero attached hydrogens (tertiary/aromatic N) is 3. The van der Waals surface area contributed by atoms with Gasteiger partial charge < -0.3 is 8.98 Å². The fraction of sp³-hybridized carbons (Fsp3) is 0. The molecule has 0 saturated heterocycles. The molecule has 146 valence electrons. The molecule has 5 nitrogen and oxygen atoms in total. The van der Waals surface area contributed by atoms with Crippen LogP contribution in [-0.2, 0) is 0 Å². The fourth-order valence-corrected chi connectivity index (χ4v) is 4.59. The summed E-state index contributed by atoms with van der Waals surface area (Å²) in [5, 5.41) is 2.68. The van der Waals surface area contributed by atoms with Crippen molar-refractivity contribution in [2.24, 2.45) is 0 Å². The summed E-state index contributed by atoms with van der Waals surface area (Å²) in [4.78, 5) is 18.0. The van der Waals surface area contributed by atoms with Crippen LogP contribution in [0.3, 0.4) is 0 Å². The van der Waals surface area contributed by atoms with Gasteiger partial charge in [-0.25, -0.2) is 4.40 Å². The first-order valence-electron chi connectivity index (χ1n) is 10.1. The van der Waals surface area contributed by atoms with Crippen LogP contribution >= 0.6 is 0 Å². The van der Waals surface area contributed by atoms with Crippen LogP contribution in [0.25, 0.3) is 55.3 Å². The van der Waals surface area contributed by atoms with Gasteiger partial charge in [0.15, 0.2) is 0 Å². The molecule has 5 heteroatoms. The third kappa shape index (κ3) is 2.15. The maximum Gasteiger partial charge on any atom is 0.310 e. The van der Waals surface area contributed by atoms with Crippen molar-refractivity contribution in [2.75, 3.05) is 0 Å². The van der Waals surface area contributed by atoms with Gasteiger partial charge in [-0.1, -0.05) is 48.5 Å². The number of rotatable bonds is 1. The van der Waals surface area contributed by atoms with Crippen LogP contribution in [0.1, 0.15) is 0 Å². The predicted octanol–water partition coefficient (Wildman–Crippen LogP) is 5.69. The standard InChI is InChI=1S/C26H15N3O2/c30-25-19-14-23-18(15-24(19)31-26-27-20-11-5-7-13-22(20)29(25)26)17-10-4-6-12-21(17)28(23)16-8-2-1-3-9-16/h1-15H. The van der Waals surface area contributed by atoms with Crippen LogP contribution < -0.4 is 5.56 Å². The average molecular weight is 401 g/mol. The Labute approximate surface area is 175 Å². The fourth-order valence-electron chi connectivity index (χ4n) is 4.59. The van der Waals surface area contributed by atoms with Gasteiger partial charge >= 0.3 is 5.84 Å². The first-order chi connectivity index (χ1) is 15.3. The summed E-state index contributed by atoms with van der Waals surface area (Å²) in [6.45, 7) is 0. The van der Waals surface area contributed by atoms with Crippen molar-refractivity contribution in [1.29, 1.82) is 0 Å². The molecule has 0 spiro atoms. The first-order valence-corrected chi connectivity index (χ1v) is 10.1. The topological polar surface area (TPSA) is 52.4 Å². The lowest BCUT2D eigenvalue weighted by Gasteiger charge is -2.08. The molecular formula is C26H15N3O2. The second-order valence-corrected chi connectivity index (χ2v) is 7.68. The Hall–Kier alpha value is -4.38. The van der Waals surface area contributed by atoms with Gasteiger partial charge in [0.1, 0.15) is 5.58 Å². The molecule has 31 heavy (non-hydrogen) atoms. The lowest BCUT2D eigenvalue weighted by atomic mass is 10.1. The zero-order valence-electron chi connectivity index (χ0n) is 16.3. The van der Waals surface area contributed by atoms with Crippen molar-refractivity contribution in [1.82, 2.24) is 14.0 Å². The summed E-state index contributed by atoms with van der Waals surface area (Å²) in [7, 11) is 0. The van der Waals surface area contributed by atoms with E-state index in [9.17, 15) is 4.79 Å². The summed E-state index contributed by atoms with van der Waals surface area (Å²) in [6, 6.07) is 29.9. The van der Waals surface area contributed by atoms with E-state index in [1.54, 1.807) is 4.40 Å². The molecular weight excluding hydrogens is 386 g/mol. The highest BCUT2D eigenvalue weighted by Crippen LogP contribution is 2.34. The minimum atomic E-state index is -0.128. The predicted molar refractivity (Wildman–Crippen MR) is 123 cm³/mol. The van der Waals surface area contributed by atoms with Crippen LogP contribution in [0, 0.1) is 0 Å². The highest BCUT2D eigenvalue weighted by molar-refractivity contribution is 6.12. The van der Waals surface area contributed by atoms with E-state index in [0.717, 1.165) is 38.5 Å². The average Bonchev–Trinajstić information content (AvgIpc) is 3.34. The lowest BCUT2D eigenvalue weighted by Crippen LogP contribution is -2.12. The Morgan fingerprint density at radius 3 is 2.29 bits per heavy atom. The molecule has 0 radical (unpaired) electrons. The number of hydrogen-bond donors (Lipinski definition) is 0. The summed E-state index contributed by atoms with van der Waals surface area (Å²) < 4.78 is 9.88. The largest absolute Gasteiger partial charge is 0.424 e. The number of para-hydroxylation sites is 4. The third-order valence-corrected chi connectivity index (χ3v) is 5.95. The van der Waals surface area contributed by atoms with Crippen molar-refractivity contribution in [3.63, 3.8) is 0 Å². The van der Waals surface area contributed by atoms with E-state index in [1.165, 1.54) is 0 Å². The first kappa shape index (κ1) is 16.4. The normalized spacial score (nSPS) is 12.0. The smallest absolute Gasteiger partial charge is 0.310 e. The highest BCUT2D eigenvalue weighted by Gasteiger charge is 2.17. The van der Waals surface area contributed by atoms with Gasteiger partial charge in [0.05, 0.1) is 27.5 Å². The van der Waals surface area contributed by atoms with Gasteiger partial charge in [0, 0.05) is 16.5 Å². The number of benzene rings is 4. The van der Waals surface area contributed by atoms with Crippen molar-refractivity contribution in [3.8, 4) is 5.69 Å². The highest BCUT2D eigenvalue weighted by atomic mass is 16.4. The quantitative estimate of drug-likeness (QED) is 0.355. The van der Waals surface area contributed by atoms with Gasteiger partial charge in [0.25, 0.3) is 5.56 Å². The third-order valence-electron chi connectivity index (χ3n) is 5.95. The Morgan fingerprint density at radius 1 is 0.677 bits per heavy atom. The molecule has 0 amide bonds. The van der Waals surface area contributed by atoms with Crippen LogP contribution in [0.2, 0.25) is 0 Å². The van der Waals surface area contributed by atoms with Crippen molar-refractivity contribution in [3.05, 3.63) is 101 Å². The second-order valence-electron chi connectivity index (χ2n) is 7.68. The molecule has 0 bridgehead atoms. The monoisotopic (exact) mass is 401 g/mol. The van der Waals surface area contributed by atoms with Crippen LogP contribution in [-0.4, -0.2) is 14.0 Å². The van der Waals surface area contributed by atoms with E-state index in [2.05, 4.69) is 33.8 Å². The van der Waals surface area contributed by atoms with Crippen molar-refractivity contribution >= 4 is 49.7 Å². The van der Waals surface area contributed by atoms with Gasteiger partial charge in [-0.15, -0.1) is 0 Å². The van der Waals surface area contributed by atoms with E-state index in [0.29, 0.717) is 16.8 Å². The molecule has 0 aliphatic rings. The van der Waals surface area contributed by atoms with Gasteiger partial charge in [0.2, 0.25) is 0 Å². The lowest BCUT2D eigenvalue weighted by molar-refractivity contribution is 0.617. The van der Waals surface area contributed by atoms with Crippen molar-refractivity contribution < 1.29 is 4.42 Å². The summed E-state index contributed by atoms with van der Waals surface area (Å²) in [5.41, 5.74) is 5.00. The number of aromatic nitrogens is 3. The minimum Gasteiger partial charge on any atom is -0.424 e. The van der Waals surface area contributed by atoms with E-state index < -0.39 is 0 Å². The molecule has 0 fully saturated rings. The Kier molecular flexibility index (Phi) is 3.09. The Balaban J connectivity index is 1.70. The van der Waals surface area contributed by atoms with E-state index in [-0.39, 0.29) is 5.56 Å². The maximum absolute atomic E-state index is 13.5. The molecule has 0 saturated carbocycles. The van der Waals surface area contributed by atoms with E-state index >= 15 is 0 Å². The zero-order chi connectivity index (χ0) is 20.5. The van der Waals surface area contributed by atoms with E-state index in [4.69, 9.17) is 4.42 Å². The maximum atomic E-state index is 13.5. The molecule has 0 N–H and O–H groups in total. The van der Waals surface area contributed by atoms with Gasteiger partial charge in [-0.3, -0.25) is 4.79 Å². The zero-order valence-corrected chi connectivity index (χ0v) is 16.3. The molecule has 0 aliphatic carbocycles. The summed E-state index contributed by atoms with van der Waals surface area (Å²) >= 11 is 0.